The molecule has 0 radical (unpaired) electrons. The second-order valence-electron chi connectivity index (χ2n) is 5.47. The summed E-state index contributed by atoms with van der Waals surface area (Å²) >= 11 is 1.94. The maximum Gasteiger partial charge on any atom is 0.0588 e. The molecule has 2 atom stereocenters. The molecule has 1 heterocycles. The van der Waals surface area contributed by atoms with E-state index in [1.54, 1.807) is 0 Å². The summed E-state index contributed by atoms with van der Waals surface area (Å²) in [4.78, 5) is 1.39. The van der Waals surface area contributed by atoms with E-state index in [9.17, 15) is 0 Å². The molecule has 3 rings (SSSR count). The minimum absolute atomic E-state index is 0.187. The maximum atomic E-state index is 5.88. The Kier molecular flexibility index (Phi) is 3.83. The van der Waals surface area contributed by atoms with Crippen LogP contribution in [0.5, 0.6) is 0 Å². The molecule has 0 saturated carbocycles. The van der Waals surface area contributed by atoms with Crippen LogP contribution in [0.2, 0.25) is 0 Å². The monoisotopic (exact) mass is 284 g/mol. The second kappa shape index (κ2) is 5.60. The van der Waals surface area contributed by atoms with Gasteiger partial charge in [-0.25, -0.2) is 0 Å². The van der Waals surface area contributed by atoms with Gasteiger partial charge in [0.25, 0.3) is 0 Å². The van der Waals surface area contributed by atoms with E-state index >= 15 is 0 Å². The Hall–Kier alpha value is -1.29. The maximum absolute atomic E-state index is 5.88. The smallest absolute Gasteiger partial charge is 0.0588 e. The molecule has 0 amide bonds. The van der Waals surface area contributed by atoms with Gasteiger partial charge in [0.05, 0.1) is 6.04 Å². The molecule has 104 valence electrons. The van der Waals surface area contributed by atoms with Gasteiger partial charge in [-0.2, -0.15) is 0 Å². The van der Waals surface area contributed by atoms with Crippen molar-refractivity contribution in [3.8, 4) is 0 Å². The molecule has 20 heavy (non-hydrogen) atoms. The van der Waals surface area contributed by atoms with Crippen molar-refractivity contribution < 1.29 is 0 Å². The van der Waals surface area contributed by atoms with Gasteiger partial charge < -0.3 is 0 Å². The number of hydrazine groups is 1. The zero-order valence-electron chi connectivity index (χ0n) is 11.9. The van der Waals surface area contributed by atoms with Gasteiger partial charge in [0.2, 0.25) is 0 Å². The van der Waals surface area contributed by atoms with Gasteiger partial charge in [0, 0.05) is 10.1 Å². The summed E-state index contributed by atoms with van der Waals surface area (Å²) in [6, 6.07) is 15.4. The summed E-state index contributed by atoms with van der Waals surface area (Å²) in [5.41, 5.74) is 8.38. The summed E-state index contributed by atoms with van der Waals surface area (Å²) in [5.74, 6) is 5.88. The lowest BCUT2D eigenvalue weighted by Crippen LogP contribution is -2.35. The number of benzene rings is 2. The average molecular weight is 284 g/mol. The fraction of sp³-hybridized carbons (Fsp3) is 0.294. The predicted molar refractivity (Wildman–Crippen MR) is 85.8 cm³/mol. The molecule has 2 aromatic carbocycles. The third-order valence-corrected chi connectivity index (χ3v) is 5.39. The first-order valence-corrected chi connectivity index (χ1v) is 7.85. The van der Waals surface area contributed by atoms with Gasteiger partial charge in [0.1, 0.15) is 0 Å². The second-order valence-corrected chi connectivity index (χ2v) is 6.75. The van der Waals surface area contributed by atoms with E-state index in [-0.39, 0.29) is 6.04 Å². The lowest BCUT2D eigenvalue weighted by Gasteiger charge is -2.24. The number of hydrogen-bond acceptors (Lipinski definition) is 3. The number of nitrogens with two attached hydrogens (primary N) is 1. The first-order valence-electron chi connectivity index (χ1n) is 6.97. The molecular weight excluding hydrogens is 264 g/mol. The number of rotatable bonds is 3. The lowest BCUT2D eigenvalue weighted by molar-refractivity contribution is 0.530. The molecule has 0 spiro atoms. The van der Waals surface area contributed by atoms with Crippen molar-refractivity contribution in [2.45, 2.75) is 36.5 Å². The van der Waals surface area contributed by atoms with Crippen molar-refractivity contribution >= 4 is 11.8 Å². The van der Waals surface area contributed by atoms with Crippen LogP contribution >= 0.6 is 11.8 Å². The molecule has 3 N–H and O–H groups in total. The fourth-order valence-corrected chi connectivity index (χ4v) is 4.30. The number of nitrogens with one attached hydrogen (secondary N) is 1. The molecule has 2 unspecified atom stereocenters. The predicted octanol–water partition coefficient (Wildman–Crippen LogP) is 3.52. The average Bonchev–Trinajstić information content (AvgIpc) is 2.87. The van der Waals surface area contributed by atoms with Crippen molar-refractivity contribution in [2.24, 2.45) is 5.84 Å². The number of hydrogen-bond donors (Lipinski definition) is 2. The molecule has 2 aromatic rings. The van der Waals surface area contributed by atoms with Crippen LogP contribution in [-0.4, -0.2) is 5.25 Å². The van der Waals surface area contributed by atoms with Crippen LogP contribution in [0.25, 0.3) is 0 Å². The highest BCUT2D eigenvalue weighted by atomic mass is 32.2. The van der Waals surface area contributed by atoms with Crippen molar-refractivity contribution in [1.29, 1.82) is 0 Å². The number of aryl methyl sites for hydroxylation is 2. The fourth-order valence-electron chi connectivity index (χ4n) is 2.89. The van der Waals surface area contributed by atoms with Crippen LogP contribution in [0.1, 0.15) is 28.3 Å². The molecule has 1 aliphatic rings. The molecule has 0 fully saturated rings. The Balaban J connectivity index is 1.91. The highest BCUT2D eigenvalue weighted by Gasteiger charge is 2.30. The lowest BCUT2D eigenvalue weighted by atomic mass is 9.94. The Morgan fingerprint density at radius 3 is 2.75 bits per heavy atom. The molecule has 2 nitrogen and oxygen atoms in total. The van der Waals surface area contributed by atoms with Crippen molar-refractivity contribution in [2.75, 3.05) is 0 Å². The van der Waals surface area contributed by atoms with Crippen LogP contribution in [0.4, 0.5) is 0 Å². The molecule has 1 aliphatic heterocycles. The van der Waals surface area contributed by atoms with Crippen LogP contribution in [-0.2, 0) is 6.42 Å². The standard InChI is InChI=1S/C17H20N2S/c1-11-7-8-12(2)14(9-11)17(19-18)16-10-13-5-3-4-6-15(13)20-16/h3-9,16-17,19H,10,18H2,1-2H3. The first-order chi connectivity index (χ1) is 9.69. The minimum atomic E-state index is 0.187. The highest BCUT2D eigenvalue weighted by molar-refractivity contribution is 8.00. The normalized spacial score (nSPS) is 18.9. The van der Waals surface area contributed by atoms with Crippen LogP contribution < -0.4 is 11.3 Å². The van der Waals surface area contributed by atoms with Crippen molar-refractivity contribution in [3.05, 3.63) is 64.7 Å². The highest BCUT2D eigenvalue weighted by Crippen LogP contribution is 2.42. The number of fused-ring (bicyclic) bond motifs is 1. The van der Waals surface area contributed by atoms with E-state index in [0.717, 1.165) is 6.42 Å². The van der Waals surface area contributed by atoms with Gasteiger partial charge in [0.15, 0.2) is 0 Å². The van der Waals surface area contributed by atoms with E-state index in [2.05, 4.69) is 61.7 Å². The quantitative estimate of drug-likeness (QED) is 0.669. The Labute approximate surface area is 124 Å². The van der Waals surface area contributed by atoms with Gasteiger partial charge >= 0.3 is 0 Å². The van der Waals surface area contributed by atoms with Gasteiger partial charge in [-0.05, 0) is 43.0 Å². The summed E-state index contributed by atoms with van der Waals surface area (Å²) in [5, 5.41) is 0.456. The third kappa shape index (κ3) is 2.49. The summed E-state index contributed by atoms with van der Waals surface area (Å²) in [7, 11) is 0. The molecule has 0 aliphatic carbocycles. The van der Waals surface area contributed by atoms with Crippen LogP contribution in [0, 0.1) is 13.8 Å². The van der Waals surface area contributed by atoms with E-state index in [1.165, 1.54) is 27.1 Å². The van der Waals surface area contributed by atoms with E-state index in [4.69, 9.17) is 5.84 Å². The third-order valence-electron chi connectivity index (χ3n) is 3.99. The summed E-state index contributed by atoms with van der Waals surface area (Å²) in [6.45, 7) is 4.29. The molecule has 3 heteroatoms. The van der Waals surface area contributed by atoms with E-state index < -0.39 is 0 Å². The largest absolute Gasteiger partial charge is 0.271 e. The van der Waals surface area contributed by atoms with Crippen molar-refractivity contribution in [1.82, 2.24) is 5.43 Å². The van der Waals surface area contributed by atoms with Crippen LogP contribution in [0.3, 0.4) is 0 Å². The molecule has 0 saturated heterocycles. The zero-order valence-corrected chi connectivity index (χ0v) is 12.7. The molecule has 0 aromatic heterocycles. The van der Waals surface area contributed by atoms with E-state index in [0.29, 0.717) is 5.25 Å². The van der Waals surface area contributed by atoms with E-state index in [1.807, 2.05) is 11.8 Å². The molecular formula is C17H20N2S. The molecule has 0 bridgehead atoms. The topological polar surface area (TPSA) is 38.0 Å². The Morgan fingerprint density at radius 1 is 1.20 bits per heavy atom. The van der Waals surface area contributed by atoms with Gasteiger partial charge in [-0.3, -0.25) is 11.3 Å². The first kappa shape index (κ1) is 13.7. The SMILES string of the molecule is Cc1ccc(C)c(C(NN)C2Cc3ccccc3S2)c1. The van der Waals surface area contributed by atoms with Gasteiger partial charge in [-0.1, -0.05) is 42.0 Å². The summed E-state index contributed by atoms with van der Waals surface area (Å²) < 4.78 is 0. The summed E-state index contributed by atoms with van der Waals surface area (Å²) in [6.07, 6.45) is 1.07. The van der Waals surface area contributed by atoms with Gasteiger partial charge in [-0.15, -0.1) is 11.8 Å². The number of thioether (sulfide) groups is 1. The minimum Gasteiger partial charge on any atom is -0.271 e. The van der Waals surface area contributed by atoms with Crippen molar-refractivity contribution in [3.63, 3.8) is 0 Å². The Morgan fingerprint density at radius 2 is 2.00 bits per heavy atom. The Bertz CT molecular complexity index is 599. The van der Waals surface area contributed by atoms with Crippen LogP contribution in [0.15, 0.2) is 47.4 Å². The zero-order chi connectivity index (χ0) is 14.1.